The van der Waals surface area contributed by atoms with Crippen molar-refractivity contribution >= 4 is 11.8 Å². The summed E-state index contributed by atoms with van der Waals surface area (Å²) in [7, 11) is 0. The van der Waals surface area contributed by atoms with Gasteiger partial charge < -0.3 is 4.74 Å². The number of rotatable bonds is 1. The molecule has 4 heteroatoms. The van der Waals surface area contributed by atoms with Crippen LogP contribution in [0.1, 0.15) is 56.1 Å². The lowest BCUT2D eigenvalue weighted by molar-refractivity contribution is -0.160. The van der Waals surface area contributed by atoms with Crippen molar-refractivity contribution in [2.75, 3.05) is 0 Å². The van der Waals surface area contributed by atoms with Crippen molar-refractivity contribution < 1.29 is 18.7 Å². The number of carbonyl (C=O) groups excluding carboxylic acids is 2. The van der Waals surface area contributed by atoms with Crippen LogP contribution in [0.25, 0.3) is 0 Å². The second-order valence-corrected chi connectivity index (χ2v) is 6.38. The van der Waals surface area contributed by atoms with Crippen molar-refractivity contribution in [3.63, 3.8) is 0 Å². The van der Waals surface area contributed by atoms with Crippen LogP contribution in [0.3, 0.4) is 0 Å². The highest BCUT2D eigenvalue weighted by atomic mass is 19.1. The number of Topliss-reactive ketones (excluding diaryl/α,β-unsaturated/α-hetero) is 1. The zero-order chi connectivity index (χ0) is 15.1. The lowest BCUT2D eigenvalue weighted by Crippen LogP contribution is -2.30. The summed E-state index contributed by atoms with van der Waals surface area (Å²) in [4.78, 5) is 24.1. The Morgan fingerprint density at radius 3 is 2.60 bits per heavy atom. The summed E-state index contributed by atoms with van der Waals surface area (Å²) in [6.07, 6.45) is -0.156. The number of ether oxygens (including phenoxy) is 1. The van der Waals surface area contributed by atoms with Crippen molar-refractivity contribution in [2.45, 2.75) is 40.2 Å². The standard InChI is InChI=1S/C16H19FO3/c1-9-7-13(20-15(19)16(2,3)4)12-8-10(17)5-6-11(12)14(9)18/h5-6,8-9,13H,7H2,1-4H3/t9-,13-/m1/s1. The smallest absolute Gasteiger partial charge is 0.311 e. The highest BCUT2D eigenvalue weighted by molar-refractivity contribution is 6.00. The normalized spacial score (nSPS) is 22.4. The van der Waals surface area contributed by atoms with Gasteiger partial charge in [-0.15, -0.1) is 0 Å². The molecular formula is C16H19FO3. The Balaban J connectivity index is 2.36. The van der Waals surface area contributed by atoms with E-state index in [-0.39, 0.29) is 17.7 Å². The molecule has 1 aromatic rings. The van der Waals surface area contributed by atoms with Crippen molar-refractivity contribution in [1.82, 2.24) is 0 Å². The van der Waals surface area contributed by atoms with E-state index < -0.39 is 17.3 Å². The van der Waals surface area contributed by atoms with Gasteiger partial charge >= 0.3 is 5.97 Å². The third kappa shape index (κ3) is 2.74. The highest BCUT2D eigenvalue weighted by Crippen LogP contribution is 2.37. The Morgan fingerprint density at radius 1 is 1.35 bits per heavy atom. The fourth-order valence-corrected chi connectivity index (χ4v) is 2.26. The van der Waals surface area contributed by atoms with E-state index in [1.165, 1.54) is 18.2 Å². The van der Waals surface area contributed by atoms with Crippen LogP contribution in [0.2, 0.25) is 0 Å². The van der Waals surface area contributed by atoms with Crippen LogP contribution < -0.4 is 0 Å². The Morgan fingerprint density at radius 2 is 2.00 bits per heavy atom. The molecule has 0 N–H and O–H groups in total. The molecule has 0 heterocycles. The molecular weight excluding hydrogens is 259 g/mol. The summed E-state index contributed by atoms with van der Waals surface area (Å²) in [5.74, 6) is -1.03. The molecule has 0 aromatic heterocycles. The number of ketones is 1. The first-order valence-electron chi connectivity index (χ1n) is 6.75. The van der Waals surface area contributed by atoms with Crippen LogP contribution in [0.5, 0.6) is 0 Å². The van der Waals surface area contributed by atoms with E-state index in [1.54, 1.807) is 27.7 Å². The summed E-state index contributed by atoms with van der Waals surface area (Å²) in [5.41, 5.74) is 0.306. The number of fused-ring (bicyclic) bond motifs is 1. The maximum atomic E-state index is 13.4. The minimum Gasteiger partial charge on any atom is -0.457 e. The van der Waals surface area contributed by atoms with Gasteiger partial charge in [-0.05, 0) is 45.4 Å². The molecule has 0 amide bonds. The fourth-order valence-electron chi connectivity index (χ4n) is 2.26. The molecule has 0 saturated carbocycles. The maximum absolute atomic E-state index is 13.4. The molecule has 0 fully saturated rings. The number of carbonyl (C=O) groups is 2. The van der Waals surface area contributed by atoms with Gasteiger partial charge in [-0.2, -0.15) is 0 Å². The van der Waals surface area contributed by atoms with Gasteiger partial charge in [-0.3, -0.25) is 9.59 Å². The van der Waals surface area contributed by atoms with E-state index in [2.05, 4.69) is 0 Å². The SMILES string of the molecule is C[C@@H]1C[C@@H](OC(=O)C(C)(C)C)c2cc(F)ccc2C1=O. The molecule has 3 nitrogen and oxygen atoms in total. The second kappa shape index (κ2) is 5.00. The molecule has 0 unspecified atom stereocenters. The summed E-state index contributed by atoms with van der Waals surface area (Å²) < 4.78 is 18.9. The molecule has 0 saturated heterocycles. The summed E-state index contributed by atoms with van der Waals surface area (Å²) in [6.45, 7) is 7.09. The molecule has 1 aliphatic rings. The van der Waals surface area contributed by atoms with Crippen molar-refractivity contribution in [1.29, 1.82) is 0 Å². The zero-order valence-corrected chi connectivity index (χ0v) is 12.2. The fraction of sp³-hybridized carbons (Fsp3) is 0.500. The molecule has 0 spiro atoms. The average molecular weight is 278 g/mol. The van der Waals surface area contributed by atoms with Crippen LogP contribution in [0, 0.1) is 17.2 Å². The van der Waals surface area contributed by atoms with Gasteiger partial charge in [0.15, 0.2) is 5.78 Å². The van der Waals surface area contributed by atoms with Gasteiger partial charge in [-0.1, -0.05) is 6.92 Å². The van der Waals surface area contributed by atoms with Crippen molar-refractivity contribution in [2.24, 2.45) is 11.3 Å². The Bertz CT molecular complexity index is 557. The summed E-state index contributed by atoms with van der Waals surface area (Å²) in [5, 5.41) is 0. The van der Waals surface area contributed by atoms with Crippen LogP contribution in [-0.4, -0.2) is 11.8 Å². The molecule has 108 valence electrons. The number of hydrogen-bond donors (Lipinski definition) is 0. The van der Waals surface area contributed by atoms with Gasteiger partial charge in [-0.25, -0.2) is 4.39 Å². The average Bonchev–Trinajstić information content (AvgIpc) is 2.34. The number of hydrogen-bond acceptors (Lipinski definition) is 3. The van der Waals surface area contributed by atoms with E-state index >= 15 is 0 Å². The molecule has 20 heavy (non-hydrogen) atoms. The van der Waals surface area contributed by atoms with Gasteiger partial charge in [0.2, 0.25) is 0 Å². The van der Waals surface area contributed by atoms with Crippen molar-refractivity contribution in [3.05, 3.63) is 35.1 Å². The third-order valence-corrected chi connectivity index (χ3v) is 3.50. The lowest BCUT2D eigenvalue weighted by Gasteiger charge is -2.30. The number of benzene rings is 1. The molecule has 0 aliphatic heterocycles. The second-order valence-electron chi connectivity index (χ2n) is 6.38. The van der Waals surface area contributed by atoms with Gasteiger partial charge in [0, 0.05) is 17.0 Å². The largest absolute Gasteiger partial charge is 0.457 e. The minimum atomic E-state index is -0.627. The van der Waals surface area contributed by atoms with Gasteiger partial charge in [0.1, 0.15) is 11.9 Å². The van der Waals surface area contributed by atoms with Crippen LogP contribution >= 0.6 is 0 Å². The zero-order valence-electron chi connectivity index (χ0n) is 12.2. The molecule has 2 rings (SSSR count). The van der Waals surface area contributed by atoms with Crippen LogP contribution in [0.4, 0.5) is 4.39 Å². The molecule has 0 bridgehead atoms. The van der Waals surface area contributed by atoms with Crippen LogP contribution in [-0.2, 0) is 9.53 Å². The summed E-state index contributed by atoms with van der Waals surface area (Å²) in [6, 6.07) is 4.03. The topological polar surface area (TPSA) is 43.4 Å². The Labute approximate surface area is 118 Å². The van der Waals surface area contributed by atoms with Gasteiger partial charge in [0.05, 0.1) is 5.41 Å². The maximum Gasteiger partial charge on any atom is 0.311 e. The molecule has 2 atom stereocenters. The first kappa shape index (κ1) is 14.7. The predicted molar refractivity (Wildman–Crippen MR) is 72.8 cm³/mol. The molecule has 1 aliphatic carbocycles. The Hall–Kier alpha value is -1.71. The first-order chi connectivity index (χ1) is 9.20. The first-order valence-corrected chi connectivity index (χ1v) is 6.75. The number of esters is 1. The van der Waals surface area contributed by atoms with Crippen LogP contribution in [0.15, 0.2) is 18.2 Å². The third-order valence-electron chi connectivity index (χ3n) is 3.50. The van der Waals surface area contributed by atoms with Crippen molar-refractivity contribution in [3.8, 4) is 0 Å². The lowest BCUT2D eigenvalue weighted by atomic mass is 9.81. The van der Waals surface area contributed by atoms with E-state index in [9.17, 15) is 14.0 Å². The minimum absolute atomic E-state index is 0.0249. The highest BCUT2D eigenvalue weighted by Gasteiger charge is 2.35. The quantitative estimate of drug-likeness (QED) is 0.736. The Kier molecular flexibility index (Phi) is 3.67. The predicted octanol–water partition coefficient (Wildman–Crippen LogP) is 3.68. The van der Waals surface area contributed by atoms with E-state index in [1.807, 2.05) is 0 Å². The number of halogens is 1. The van der Waals surface area contributed by atoms with Gasteiger partial charge in [0.25, 0.3) is 0 Å². The molecule has 1 aromatic carbocycles. The van der Waals surface area contributed by atoms with E-state index in [0.717, 1.165) is 0 Å². The molecule has 0 radical (unpaired) electrons. The monoisotopic (exact) mass is 278 g/mol. The van der Waals surface area contributed by atoms with E-state index in [4.69, 9.17) is 4.74 Å². The van der Waals surface area contributed by atoms with E-state index in [0.29, 0.717) is 17.5 Å². The summed E-state index contributed by atoms with van der Waals surface area (Å²) >= 11 is 0.